The molecule has 0 aliphatic carbocycles. The Morgan fingerprint density at radius 3 is 2.00 bits per heavy atom. The van der Waals surface area contributed by atoms with Crippen LogP contribution in [0.4, 0.5) is 0 Å². The molecular weight excluding hydrogens is 222 g/mol. The summed E-state index contributed by atoms with van der Waals surface area (Å²) in [4.78, 5) is 0. The van der Waals surface area contributed by atoms with E-state index in [1.54, 1.807) is 0 Å². The smallest absolute Gasteiger partial charge is 0.0623 e. The summed E-state index contributed by atoms with van der Waals surface area (Å²) < 4.78 is 0. The first-order chi connectivity index (χ1) is 8.45. The van der Waals surface area contributed by atoms with Crippen LogP contribution in [-0.4, -0.2) is 17.8 Å². The van der Waals surface area contributed by atoms with E-state index in [-0.39, 0.29) is 12.0 Å². The van der Waals surface area contributed by atoms with E-state index < -0.39 is 0 Å². The van der Waals surface area contributed by atoms with Gasteiger partial charge in [-0.05, 0) is 41.8 Å². The molecule has 0 aliphatic heterocycles. The molecule has 1 aromatic carbocycles. The average molecular weight is 249 g/mol. The van der Waals surface area contributed by atoms with E-state index in [0.717, 1.165) is 0 Å². The molecule has 0 radical (unpaired) electrons. The van der Waals surface area contributed by atoms with Crippen molar-refractivity contribution in [3.05, 3.63) is 35.4 Å². The van der Waals surface area contributed by atoms with Gasteiger partial charge in [-0.2, -0.15) is 0 Å². The van der Waals surface area contributed by atoms with Gasteiger partial charge in [-0.15, -0.1) is 0 Å². The van der Waals surface area contributed by atoms with E-state index >= 15 is 0 Å². The first kappa shape index (κ1) is 15.2. The maximum atomic E-state index is 10.2. The second-order valence-corrected chi connectivity index (χ2v) is 5.81. The summed E-state index contributed by atoms with van der Waals surface area (Å²) in [5.74, 6) is 1.14. The van der Waals surface area contributed by atoms with E-state index in [4.69, 9.17) is 5.73 Å². The van der Waals surface area contributed by atoms with Crippen molar-refractivity contribution < 1.29 is 5.11 Å². The molecule has 0 aliphatic rings. The Morgan fingerprint density at radius 1 is 1.06 bits per heavy atom. The SMILES string of the molecule is CC(C)c1ccc(CC(O)C(CN)C(C)C)cc1. The zero-order valence-electron chi connectivity index (χ0n) is 12.1. The number of aliphatic hydroxyl groups excluding tert-OH is 1. The molecule has 0 saturated carbocycles. The van der Waals surface area contributed by atoms with Crippen LogP contribution in [0, 0.1) is 11.8 Å². The molecule has 1 rings (SSSR count). The largest absolute Gasteiger partial charge is 0.392 e. The molecule has 0 aromatic heterocycles. The Kier molecular flexibility index (Phi) is 5.83. The van der Waals surface area contributed by atoms with Gasteiger partial charge in [-0.25, -0.2) is 0 Å². The molecule has 0 spiro atoms. The molecule has 0 bridgehead atoms. The summed E-state index contributed by atoms with van der Waals surface area (Å²) in [6, 6.07) is 8.54. The molecule has 18 heavy (non-hydrogen) atoms. The van der Waals surface area contributed by atoms with E-state index in [2.05, 4.69) is 52.0 Å². The highest BCUT2D eigenvalue weighted by Crippen LogP contribution is 2.20. The van der Waals surface area contributed by atoms with Crippen molar-refractivity contribution in [2.75, 3.05) is 6.54 Å². The molecule has 3 N–H and O–H groups in total. The van der Waals surface area contributed by atoms with Crippen LogP contribution in [0.1, 0.15) is 44.7 Å². The van der Waals surface area contributed by atoms with Gasteiger partial charge in [0.2, 0.25) is 0 Å². The maximum absolute atomic E-state index is 10.2. The van der Waals surface area contributed by atoms with Gasteiger partial charge in [-0.3, -0.25) is 0 Å². The summed E-state index contributed by atoms with van der Waals surface area (Å²) in [6.07, 6.45) is 0.346. The Balaban J connectivity index is 2.66. The number of aliphatic hydroxyl groups is 1. The van der Waals surface area contributed by atoms with Gasteiger partial charge in [0.1, 0.15) is 0 Å². The predicted octanol–water partition coefficient (Wildman–Crippen LogP) is 2.94. The van der Waals surface area contributed by atoms with Gasteiger partial charge < -0.3 is 10.8 Å². The molecule has 0 amide bonds. The van der Waals surface area contributed by atoms with E-state index in [0.29, 0.717) is 24.8 Å². The third kappa shape index (κ3) is 4.11. The van der Waals surface area contributed by atoms with Crippen LogP contribution in [0.5, 0.6) is 0 Å². The van der Waals surface area contributed by atoms with Crippen molar-refractivity contribution in [1.29, 1.82) is 0 Å². The number of hydrogen-bond donors (Lipinski definition) is 2. The lowest BCUT2D eigenvalue weighted by Crippen LogP contribution is -2.33. The van der Waals surface area contributed by atoms with Crippen molar-refractivity contribution in [3.8, 4) is 0 Å². The summed E-state index contributed by atoms with van der Waals surface area (Å²) in [5.41, 5.74) is 8.26. The molecule has 1 aromatic rings. The summed E-state index contributed by atoms with van der Waals surface area (Å²) in [6.45, 7) is 9.15. The molecule has 2 atom stereocenters. The van der Waals surface area contributed by atoms with Gasteiger partial charge in [0.25, 0.3) is 0 Å². The molecule has 0 fully saturated rings. The quantitative estimate of drug-likeness (QED) is 0.814. The van der Waals surface area contributed by atoms with E-state index in [9.17, 15) is 5.11 Å². The number of hydrogen-bond acceptors (Lipinski definition) is 2. The van der Waals surface area contributed by atoms with Gasteiger partial charge in [-0.1, -0.05) is 52.0 Å². The highest BCUT2D eigenvalue weighted by Gasteiger charge is 2.21. The van der Waals surface area contributed by atoms with Crippen LogP contribution in [-0.2, 0) is 6.42 Å². The van der Waals surface area contributed by atoms with Crippen LogP contribution < -0.4 is 5.73 Å². The lowest BCUT2D eigenvalue weighted by atomic mass is 9.87. The van der Waals surface area contributed by atoms with Gasteiger partial charge in [0.15, 0.2) is 0 Å². The molecule has 2 heteroatoms. The normalized spacial score (nSPS) is 15.1. The fraction of sp³-hybridized carbons (Fsp3) is 0.625. The van der Waals surface area contributed by atoms with Crippen LogP contribution in [0.25, 0.3) is 0 Å². The summed E-state index contributed by atoms with van der Waals surface area (Å²) >= 11 is 0. The highest BCUT2D eigenvalue weighted by molar-refractivity contribution is 5.25. The number of rotatable bonds is 6. The topological polar surface area (TPSA) is 46.2 Å². The Hall–Kier alpha value is -0.860. The van der Waals surface area contributed by atoms with E-state index in [1.165, 1.54) is 11.1 Å². The van der Waals surface area contributed by atoms with Crippen molar-refractivity contribution >= 4 is 0 Å². The van der Waals surface area contributed by atoms with E-state index in [1.807, 2.05) is 0 Å². The lowest BCUT2D eigenvalue weighted by molar-refractivity contribution is 0.0863. The zero-order valence-corrected chi connectivity index (χ0v) is 12.1. The highest BCUT2D eigenvalue weighted by atomic mass is 16.3. The third-order valence-corrected chi connectivity index (χ3v) is 3.71. The second kappa shape index (κ2) is 6.91. The molecule has 0 saturated heterocycles. The molecule has 102 valence electrons. The Labute approximate surface area is 111 Å². The minimum atomic E-state index is -0.347. The molecule has 2 unspecified atom stereocenters. The Morgan fingerprint density at radius 2 is 1.61 bits per heavy atom. The molecule has 2 nitrogen and oxygen atoms in total. The van der Waals surface area contributed by atoms with Crippen molar-refractivity contribution in [2.45, 2.75) is 46.1 Å². The van der Waals surface area contributed by atoms with Crippen LogP contribution in [0.2, 0.25) is 0 Å². The van der Waals surface area contributed by atoms with Crippen LogP contribution in [0.3, 0.4) is 0 Å². The summed E-state index contributed by atoms with van der Waals surface area (Å²) in [5, 5.41) is 10.2. The summed E-state index contributed by atoms with van der Waals surface area (Å²) in [7, 11) is 0. The van der Waals surface area contributed by atoms with Crippen molar-refractivity contribution in [2.24, 2.45) is 17.6 Å². The van der Waals surface area contributed by atoms with Crippen LogP contribution in [0.15, 0.2) is 24.3 Å². The minimum absolute atomic E-state index is 0.176. The first-order valence-electron chi connectivity index (χ1n) is 6.92. The first-order valence-corrected chi connectivity index (χ1v) is 6.92. The fourth-order valence-electron chi connectivity index (χ4n) is 2.31. The molecule has 0 heterocycles. The predicted molar refractivity (Wildman–Crippen MR) is 77.6 cm³/mol. The fourth-order valence-corrected chi connectivity index (χ4v) is 2.31. The second-order valence-electron chi connectivity index (χ2n) is 5.81. The average Bonchev–Trinajstić information content (AvgIpc) is 2.29. The third-order valence-electron chi connectivity index (χ3n) is 3.71. The van der Waals surface area contributed by atoms with Crippen molar-refractivity contribution in [1.82, 2.24) is 0 Å². The van der Waals surface area contributed by atoms with Gasteiger partial charge in [0, 0.05) is 0 Å². The zero-order chi connectivity index (χ0) is 13.7. The molecular formula is C16H27NO. The lowest BCUT2D eigenvalue weighted by Gasteiger charge is -2.25. The van der Waals surface area contributed by atoms with Gasteiger partial charge >= 0.3 is 0 Å². The minimum Gasteiger partial charge on any atom is -0.392 e. The number of nitrogens with two attached hydrogens (primary N) is 1. The maximum Gasteiger partial charge on any atom is 0.0623 e. The standard InChI is InChI=1S/C16H27NO/c1-11(2)14-7-5-13(6-8-14)9-16(18)15(10-17)12(3)4/h5-8,11-12,15-16,18H,9-10,17H2,1-4H3. The van der Waals surface area contributed by atoms with Gasteiger partial charge in [0.05, 0.1) is 6.10 Å². The Bertz CT molecular complexity index is 343. The van der Waals surface area contributed by atoms with Crippen molar-refractivity contribution in [3.63, 3.8) is 0 Å². The number of benzene rings is 1. The van der Waals surface area contributed by atoms with Crippen LogP contribution >= 0.6 is 0 Å². The monoisotopic (exact) mass is 249 g/mol.